The quantitative estimate of drug-likeness (QED) is 0.439. The Morgan fingerprint density at radius 1 is 1.25 bits per heavy atom. The summed E-state index contributed by atoms with van der Waals surface area (Å²) >= 11 is 1.39. The Hall–Kier alpha value is -2.81. The lowest BCUT2D eigenvalue weighted by Gasteiger charge is -2.23. The van der Waals surface area contributed by atoms with Crippen molar-refractivity contribution < 1.29 is 24.0 Å². The molecule has 3 N–H and O–H groups in total. The molecule has 2 amide bonds. The fourth-order valence-electron chi connectivity index (χ4n) is 3.74. The second-order valence-corrected chi connectivity index (χ2v) is 8.86. The molecule has 0 unspecified atom stereocenters. The predicted molar refractivity (Wildman–Crippen MR) is 125 cm³/mol. The Morgan fingerprint density at radius 2 is 2.09 bits per heavy atom. The molecule has 0 spiro atoms. The van der Waals surface area contributed by atoms with Crippen molar-refractivity contribution in [3.8, 4) is 5.75 Å². The molecular formula is C24H28N3O4S+. The van der Waals surface area contributed by atoms with Gasteiger partial charge in [-0.1, -0.05) is 23.9 Å². The normalized spacial score (nSPS) is 17.5. The van der Waals surface area contributed by atoms with Crippen LogP contribution < -0.4 is 20.3 Å². The Balaban J connectivity index is 1.35. The van der Waals surface area contributed by atoms with Crippen molar-refractivity contribution in [3.63, 3.8) is 0 Å². The first-order valence-corrected chi connectivity index (χ1v) is 11.6. The molecule has 0 radical (unpaired) electrons. The van der Waals surface area contributed by atoms with E-state index >= 15 is 0 Å². The summed E-state index contributed by atoms with van der Waals surface area (Å²) in [6.07, 6.45) is 2.76. The van der Waals surface area contributed by atoms with Crippen molar-refractivity contribution in [2.45, 2.75) is 11.3 Å². The van der Waals surface area contributed by atoms with E-state index in [0.717, 1.165) is 55.5 Å². The van der Waals surface area contributed by atoms with E-state index in [1.807, 2.05) is 36.4 Å². The van der Waals surface area contributed by atoms with Crippen LogP contribution in [0.3, 0.4) is 0 Å². The number of methoxy groups -OCH3 is 1. The van der Waals surface area contributed by atoms with Gasteiger partial charge in [0.15, 0.2) is 0 Å². The lowest BCUT2D eigenvalue weighted by atomic mass is 10.1. The average Bonchev–Trinajstić information content (AvgIpc) is 2.82. The molecule has 4 rings (SSSR count). The van der Waals surface area contributed by atoms with E-state index in [9.17, 15) is 9.59 Å². The first-order chi connectivity index (χ1) is 15.6. The SMILES string of the molecule is COc1cccc(C=C2Sc3ccc(C(=O)NCCC[NH+]4CCOCC4)cc3NC2=O)c1. The Kier molecular flexibility index (Phi) is 7.47. The minimum atomic E-state index is -0.184. The van der Waals surface area contributed by atoms with E-state index in [1.165, 1.54) is 16.7 Å². The lowest BCUT2D eigenvalue weighted by Crippen LogP contribution is -3.14. The summed E-state index contributed by atoms with van der Waals surface area (Å²) in [7, 11) is 1.61. The zero-order valence-corrected chi connectivity index (χ0v) is 18.9. The summed E-state index contributed by atoms with van der Waals surface area (Å²) in [5.41, 5.74) is 2.09. The topological polar surface area (TPSA) is 81.1 Å². The van der Waals surface area contributed by atoms with Gasteiger partial charge in [0.05, 0.1) is 37.5 Å². The molecule has 2 aliphatic heterocycles. The summed E-state index contributed by atoms with van der Waals surface area (Å²) < 4.78 is 10.6. The molecule has 2 aromatic carbocycles. The van der Waals surface area contributed by atoms with Gasteiger partial charge >= 0.3 is 0 Å². The minimum Gasteiger partial charge on any atom is -0.497 e. The number of anilines is 1. The number of morpholine rings is 1. The maximum Gasteiger partial charge on any atom is 0.262 e. The first kappa shape index (κ1) is 22.4. The van der Waals surface area contributed by atoms with Crippen LogP contribution in [-0.2, 0) is 9.53 Å². The van der Waals surface area contributed by atoms with E-state index in [0.29, 0.717) is 22.7 Å². The largest absolute Gasteiger partial charge is 0.497 e. The van der Waals surface area contributed by atoms with Crippen molar-refractivity contribution in [1.29, 1.82) is 0 Å². The van der Waals surface area contributed by atoms with Crippen molar-refractivity contribution in [1.82, 2.24) is 5.32 Å². The van der Waals surface area contributed by atoms with Gasteiger partial charge < -0.3 is 25.0 Å². The summed E-state index contributed by atoms with van der Waals surface area (Å²) in [4.78, 5) is 28.2. The van der Waals surface area contributed by atoms with Crippen LogP contribution in [0.25, 0.3) is 6.08 Å². The number of nitrogens with one attached hydrogen (secondary N) is 3. The van der Waals surface area contributed by atoms with Gasteiger partial charge in [0.2, 0.25) is 0 Å². The van der Waals surface area contributed by atoms with Gasteiger partial charge in [0.1, 0.15) is 18.8 Å². The molecule has 0 bridgehead atoms. The number of thioether (sulfide) groups is 1. The molecule has 0 aliphatic carbocycles. The zero-order chi connectivity index (χ0) is 22.3. The molecule has 168 valence electrons. The van der Waals surface area contributed by atoms with Crippen LogP contribution in [0.2, 0.25) is 0 Å². The number of ether oxygens (including phenoxy) is 2. The van der Waals surface area contributed by atoms with E-state index in [2.05, 4.69) is 10.6 Å². The third-order valence-corrected chi connectivity index (χ3v) is 6.62. The molecule has 2 aliphatic rings. The number of fused-ring (bicyclic) bond motifs is 1. The lowest BCUT2D eigenvalue weighted by molar-refractivity contribution is -0.908. The molecule has 0 saturated carbocycles. The number of carbonyl (C=O) groups excluding carboxylic acids is 2. The molecule has 8 heteroatoms. The number of quaternary nitrogens is 1. The minimum absolute atomic E-state index is 0.123. The van der Waals surface area contributed by atoms with Gasteiger partial charge in [-0.3, -0.25) is 9.59 Å². The molecule has 2 heterocycles. The van der Waals surface area contributed by atoms with Crippen LogP contribution in [0.5, 0.6) is 5.75 Å². The molecular weight excluding hydrogens is 426 g/mol. The zero-order valence-electron chi connectivity index (χ0n) is 18.1. The average molecular weight is 455 g/mol. The standard InChI is InChI=1S/C24H27N3O4S/c1-30-19-5-2-4-17(14-19)15-22-24(29)26-20-16-18(6-7-21(20)32-22)23(28)25-8-3-9-27-10-12-31-13-11-27/h2,4-7,14-16H,3,8-13H2,1H3,(H,25,28)(H,26,29)/p+1. The van der Waals surface area contributed by atoms with Gasteiger partial charge in [0, 0.05) is 23.4 Å². The van der Waals surface area contributed by atoms with E-state index in [4.69, 9.17) is 9.47 Å². The van der Waals surface area contributed by atoms with Gasteiger partial charge in [-0.25, -0.2) is 0 Å². The van der Waals surface area contributed by atoms with Crippen molar-refractivity contribution >= 4 is 35.3 Å². The van der Waals surface area contributed by atoms with Gasteiger partial charge in [-0.2, -0.15) is 0 Å². The Bertz CT molecular complexity index is 1020. The van der Waals surface area contributed by atoms with Gasteiger partial charge in [-0.05, 0) is 42.0 Å². The van der Waals surface area contributed by atoms with E-state index in [-0.39, 0.29) is 11.8 Å². The Labute approximate surface area is 192 Å². The van der Waals surface area contributed by atoms with Crippen molar-refractivity contribution in [2.75, 3.05) is 51.8 Å². The smallest absolute Gasteiger partial charge is 0.262 e. The fraction of sp³-hybridized carbons (Fsp3) is 0.333. The summed E-state index contributed by atoms with van der Waals surface area (Å²) in [5, 5.41) is 5.89. The second-order valence-electron chi connectivity index (χ2n) is 7.77. The Morgan fingerprint density at radius 3 is 2.91 bits per heavy atom. The molecule has 0 aromatic heterocycles. The van der Waals surface area contributed by atoms with Gasteiger partial charge in [-0.15, -0.1) is 0 Å². The highest BCUT2D eigenvalue weighted by atomic mass is 32.2. The summed E-state index contributed by atoms with van der Waals surface area (Å²) in [6.45, 7) is 5.36. The maximum absolute atomic E-state index is 12.6. The van der Waals surface area contributed by atoms with E-state index < -0.39 is 0 Å². The molecule has 0 atom stereocenters. The van der Waals surface area contributed by atoms with Crippen LogP contribution in [0, 0.1) is 0 Å². The van der Waals surface area contributed by atoms with E-state index in [1.54, 1.807) is 19.2 Å². The number of hydrogen-bond donors (Lipinski definition) is 3. The van der Waals surface area contributed by atoms with Crippen molar-refractivity contribution in [2.24, 2.45) is 0 Å². The van der Waals surface area contributed by atoms with Crippen LogP contribution in [0.15, 0.2) is 52.3 Å². The molecule has 1 saturated heterocycles. The second kappa shape index (κ2) is 10.7. The van der Waals surface area contributed by atoms with Crippen LogP contribution in [0.4, 0.5) is 5.69 Å². The predicted octanol–water partition coefficient (Wildman–Crippen LogP) is 1.82. The number of carbonyl (C=O) groups is 2. The molecule has 1 fully saturated rings. The number of hydrogen-bond acceptors (Lipinski definition) is 5. The molecule has 2 aromatic rings. The highest BCUT2D eigenvalue weighted by Gasteiger charge is 2.22. The summed E-state index contributed by atoms with van der Waals surface area (Å²) in [5.74, 6) is 0.432. The molecule has 7 nitrogen and oxygen atoms in total. The fourth-order valence-corrected chi connectivity index (χ4v) is 4.67. The highest BCUT2D eigenvalue weighted by Crippen LogP contribution is 2.39. The number of rotatable bonds is 7. The number of amides is 2. The maximum atomic E-state index is 12.6. The van der Waals surface area contributed by atoms with Crippen LogP contribution in [-0.4, -0.2) is 58.3 Å². The van der Waals surface area contributed by atoms with Crippen LogP contribution in [0.1, 0.15) is 22.3 Å². The highest BCUT2D eigenvalue weighted by molar-refractivity contribution is 8.04. The third kappa shape index (κ3) is 5.70. The van der Waals surface area contributed by atoms with Crippen LogP contribution >= 0.6 is 11.8 Å². The number of benzene rings is 2. The van der Waals surface area contributed by atoms with Crippen molar-refractivity contribution in [3.05, 3.63) is 58.5 Å². The monoisotopic (exact) mass is 454 g/mol. The molecule has 32 heavy (non-hydrogen) atoms. The summed E-state index contributed by atoms with van der Waals surface area (Å²) in [6, 6.07) is 13.0. The first-order valence-electron chi connectivity index (χ1n) is 10.8. The van der Waals surface area contributed by atoms with Gasteiger partial charge in [0.25, 0.3) is 11.8 Å². The third-order valence-electron chi connectivity index (χ3n) is 5.52.